The first-order chi connectivity index (χ1) is 10.5. The van der Waals surface area contributed by atoms with E-state index < -0.39 is 5.97 Å². The molecule has 0 atom stereocenters. The third-order valence-electron chi connectivity index (χ3n) is 3.60. The van der Waals surface area contributed by atoms with Crippen LogP contribution >= 0.6 is 11.3 Å². The van der Waals surface area contributed by atoms with Crippen LogP contribution in [-0.2, 0) is 19.1 Å². The van der Waals surface area contributed by atoms with Gasteiger partial charge in [0.25, 0.3) is 5.91 Å². The average Bonchev–Trinajstić information content (AvgIpc) is 3.00. The number of thiophene rings is 1. The molecule has 0 aliphatic carbocycles. The fourth-order valence-electron chi connectivity index (χ4n) is 2.34. The Balaban J connectivity index is 2.47. The zero-order chi connectivity index (χ0) is 16.3. The van der Waals surface area contributed by atoms with Gasteiger partial charge in [-0.15, -0.1) is 11.3 Å². The number of rotatable bonds is 5. The van der Waals surface area contributed by atoms with Crippen LogP contribution in [0.3, 0.4) is 0 Å². The number of esters is 1. The van der Waals surface area contributed by atoms with Crippen molar-refractivity contribution in [2.75, 3.05) is 27.4 Å². The second-order valence-corrected chi connectivity index (χ2v) is 5.88. The molecule has 118 valence electrons. The summed E-state index contributed by atoms with van der Waals surface area (Å²) >= 11 is 1.53. The van der Waals surface area contributed by atoms with Gasteiger partial charge in [0.05, 0.1) is 24.9 Å². The maximum absolute atomic E-state index is 12.6. The minimum atomic E-state index is -0.494. The Bertz CT molecular complexity index is 657. The van der Waals surface area contributed by atoms with E-state index in [4.69, 9.17) is 9.47 Å². The van der Waals surface area contributed by atoms with Gasteiger partial charge in [0, 0.05) is 24.2 Å². The van der Waals surface area contributed by atoms with Gasteiger partial charge >= 0.3 is 5.97 Å². The van der Waals surface area contributed by atoms with Gasteiger partial charge < -0.3 is 14.4 Å². The third-order valence-corrected chi connectivity index (χ3v) is 4.56. The number of carbonyl (C=O) groups excluding carboxylic acids is 2. The van der Waals surface area contributed by atoms with Crippen molar-refractivity contribution in [2.24, 2.45) is 0 Å². The van der Waals surface area contributed by atoms with E-state index in [9.17, 15) is 9.59 Å². The molecule has 0 saturated carbocycles. The van der Waals surface area contributed by atoms with Crippen molar-refractivity contribution < 1.29 is 19.1 Å². The predicted octanol–water partition coefficient (Wildman–Crippen LogP) is 2.38. The van der Waals surface area contributed by atoms with Gasteiger partial charge in [-0.25, -0.2) is 4.79 Å². The minimum absolute atomic E-state index is 0.192. The van der Waals surface area contributed by atoms with E-state index in [1.54, 1.807) is 25.0 Å². The zero-order valence-corrected chi connectivity index (χ0v) is 14.0. The molecule has 0 unspecified atom stereocenters. The van der Waals surface area contributed by atoms with E-state index in [0.717, 1.165) is 10.4 Å². The first kappa shape index (κ1) is 16.5. The number of carbonyl (C=O) groups is 2. The molecule has 0 radical (unpaired) electrons. The van der Waals surface area contributed by atoms with Gasteiger partial charge in [-0.2, -0.15) is 0 Å². The molecule has 0 bridgehead atoms. The van der Waals surface area contributed by atoms with Gasteiger partial charge in [0.1, 0.15) is 0 Å². The highest BCUT2D eigenvalue weighted by Crippen LogP contribution is 2.32. The molecular weight excluding hydrogens is 302 g/mol. The smallest absolute Gasteiger partial charge is 0.340 e. The summed E-state index contributed by atoms with van der Waals surface area (Å²) in [5.74, 6) is -0.686. The monoisotopic (exact) mass is 321 g/mol. The van der Waals surface area contributed by atoms with Crippen molar-refractivity contribution in [1.29, 1.82) is 0 Å². The van der Waals surface area contributed by atoms with Gasteiger partial charge in [0.15, 0.2) is 0 Å². The van der Waals surface area contributed by atoms with Gasteiger partial charge in [-0.05, 0) is 36.9 Å². The van der Waals surface area contributed by atoms with E-state index >= 15 is 0 Å². The number of hydrogen-bond acceptors (Lipinski definition) is 5. The second-order valence-electron chi connectivity index (χ2n) is 4.93. The highest BCUT2D eigenvalue weighted by molar-refractivity contribution is 7.11. The number of amides is 1. The van der Waals surface area contributed by atoms with E-state index in [2.05, 4.69) is 0 Å². The summed E-state index contributed by atoms with van der Waals surface area (Å²) in [6.07, 6.45) is 1.77. The van der Waals surface area contributed by atoms with Gasteiger partial charge in [-0.3, -0.25) is 4.79 Å². The van der Waals surface area contributed by atoms with Crippen molar-refractivity contribution >= 4 is 29.3 Å². The quantitative estimate of drug-likeness (QED) is 0.617. The summed E-state index contributed by atoms with van der Waals surface area (Å²) in [7, 11) is 2.89. The highest BCUT2D eigenvalue weighted by Gasteiger charge is 2.36. The first-order valence-corrected chi connectivity index (χ1v) is 7.75. The molecule has 0 fully saturated rings. The van der Waals surface area contributed by atoms with Crippen LogP contribution in [-0.4, -0.2) is 44.1 Å². The van der Waals surface area contributed by atoms with Crippen LogP contribution in [0.15, 0.2) is 28.3 Å². The molecule has 1 aliphatic heterocycles. The number of aryl methyl sites for hydroxylation is 1. The van der Waals surface area contributed by atoms with Crippen molar-refractivity contribution in [3.05, 3.63) is 38.7 Å². The summed E-state index contributed by atoms with van der Waals surface area (Å²) in [5, 5.41) is 1.96. The van der Waals surface area contributed by atoms with Gasteiger partial charge in [0.2, 0.25) is 0 Å². The van der Waals surface area contributed by atoms with E-state index in [1.165, 1.54) is 18.4 Å². The summed E-state index contributed by atoms with van der Waals surface area (Å²) in [5.41, 5.74) is 2.39. The maximum Gasteiger partial charge on any atom is 0.340 e. The Hall–Kier alpha value is -1.92. The average molecular weight is 321 g/mol. The Morgan fingerprint density at radius 3 is 2.64 bits per heavy atom. The second kappa shape index (κ2) is 6.89. The molecule has 5 nitrogen and oxygen atoms in total. The minimum Gasteiger partial charge on any atom is -0.465 e. The highest BCUT2D eigenvalue weighted by atomic mass is 32.1. The molecule has 0 saturated heterocycles. The first-order valence-electron chi connectivity index (χ1n) is 6.87. The molecule has 1 aromatic rings. The Labute approximate surface area is 133 Å². The van der Waals surface area contributed by atoms with Crippen LogP contribution in [0.4, 0.5) is 0 Å². The molecule has 6 heteroatoms. The number of methoxy groups -OCH3 is 2. The molecule has 0 aromatic carbocycles. The van der Waals surface area contributed by atoms with E-state index in [1.807, 2.05) is 18.4 Å². The fourth-order valence-corrected chi connectivity index (χ4v) is 3.20. The predicted molar refractivity (Wildman–Crippen MR) is 85.3 cm³/mol. The van der Waals surface area contributed by atoms with Crippen molar-refractivity contribution in [3.8, 4) is 0 Å². The standard InChI is InChI=1S/C16H19NO4S/c1-10-5-8-22-13(10)9-12-14(16(19)21-4)11(2)17(15(12)18)6-7-20-3/h5,8-9H,6-7H2,1-4H3/b12-9-. The lowest BCUT2D eigenvalue weighted by molar-refractivity contribution is -0.136. The number of hydrogen-bond donors (Lipinski definition) is 0. The molecule has 1 aliphatic rings. The number of ether oxygens (including phenoxy) is 2. The van der Waals surface area contributed by atoms with Gasteiger partial charge in [-0.1, -0.05) is 0 Å². The van der Waals surface area contributed by atoms with Crippen LogP contribution in [0.1, 0.15) is 17.4 Å². The molecule has 1 amide bonds. The summed E-state index contributed by atoms with van der Waals surface area (Å²) < 4.78 is 9.87. The lowest BCUT2D eigenvalue weighted by Crippen LogP contribution is -2.28. The van der Waals surface area contributed by atoms with E-state index in [-0.39, 0.29) is 5.91 Å². The largest absolute Gasteiger partial charge is 0.465 e. The van der Waals surface area contributed by atoms with Crippen molar-refractivity contribution in [2.45, 2.75) is 13.8 Å². The molecule has 2 rings (SSSR count). The number of allylic oxidation sites excluding steroid dienone is 1. The Kier molecular flexibility index (Phi) is 5.15. The summed E-state index contributed by atoms with van der Waals surface area (Å²) in [6, 6.07) is 1.98. The van der Waals surface area contributed by atoms with Crippen LogP contribution in [0.2, 0.25) is 0 Å². The molecule has 1 aromatic heterocycles. The lowest BCUT2D eigenvalue weighted by atomic mass is 10.1. The molecule has 2 heterocycles. The fraction of sp³-hybridized carbons (Fsp3) is 0.375. The molecule has 22 heavy (non-hydrogen) atoms. The molecule has 0 N–H and O–H groups in total. The van der Waals surface area contributed by atoms with Crippen molar-refractivity contribution in [1.82, 2.24) is 4.90 Å². The Morgan fingerprint density at radius 2 is 2.09 bits per heavy atom. The normalized spacial score (nSPS) is 16.8. The molecular formula is C16H19NO4S. The van der Waals surface area contributed by atoms with Crippen LogP contribution in [0.5, 0.6) is 0 Å². The zero-order valence-electron chi connectivity index (χ0n) is 13.1. The Morgan fingerprint density at radius 1 is 1.36 bits per heavy atom. The number of nitrogens with zero attached hydrogens (tertiary/aromatic N) is 1. The lowest BCUT2D eigenvalue weighted by Gasteiger charge is -2.16. The van der Waals surface area contributed by atoms with E-state index in [0.29, 0.717) is 30.0 Å². The van der Waals surface area contributed by atoms with Crippen molar-refractivity contribution in [3.63, 3.8) is 0 Å². The molecule has 0 spiro atoms. The SMILES string of the molecule is COCCN1C(=O)/C(=C\c2sccc2C)C(C(=O)OC)=C1C. The maximum atomic E-state index is 12.6. The third kappa shape index (κ3) is 2.98. The summed E-state index contributed by atoms with van der Waals surface area (Å²) in [6.45, 7) is 4.53. The van der Waals surface area contributed by atoms with Crippen LogP contribution in [0.25, 0.3) is 6.08 Å². The summed E-state index contributed by atoms with van der Waals surface area (Å²) in [4.78, 5) is 27.3. The van der Waals surface area contributed by atoms with Crippen LogP contribution < -0.4 is 0 Å². The van der Waals surface area contributed by atoms with Crippen LogP contribution in [0, 0.1) is 6.92 Å². The topological polar surface area (TPSA) is 55.8 Å².